The summed E-state index contributed by atoms with van der Waals surface area (Å²) in [6.45, 7) is 7.58. The van der Waals surface area contributed by atoms with Crippen LogP contribution in [0.15, 0.2) is 60.1 Å². The first-order valence-electron chi connectivity index (χ1n) is 12.0. The van der Waals surface area contributed by atoms with Gasteiger partial charge in [0.2, 0.25) is 0 Å². The molecule has 0 spiro atoms. The zero-order valence-electron chi connectivity index (χ0n) is 20.5. The van der Waals surface area contributed by atoms with Crippen LogP contribution < -0.4 is 11.1 Å². The van der Waals surface area contributed by atoms with E-state index in [1.807, 2.05) is 11.4 Å². The summed E-state index contributed by atoms with van der Waals surface area (Å²) in [5, 5.41) is 6.09. The third-order valence-corrected chi connectivity index (χ3v) is 6.95. The Kier molecular flexibility index (Phi) is 7.23. The molecule has 0 atom stereocenters. The summed E-state index contributed by atoms with van der Waals surface area (Å²) in [5.41, 5.74) is 11.8. The zero-order chi connectivity index (χ0) is 24.9. The van der Waals surface area contributed by atoms with E-state index in [4.69, 9.17) is 5.73 Å². The number of nitrogens with zero attached hydrogens (tertiary/aromatic N) is 5. The molecule has 36 heavy (non-hydrogen) atoms. The number of nitrogen functional groups attached to an aromatic ring is 1. The molecular weight excluding hydrogens is 466 g/mol. The lowest BCUT2D eigenvalue weighted by Crippen LogP contribution is -2.43. The van der Waals surface area contributed by atoms with Crippen molar-refractivity contribution in [3.05, 3.63) is 82.4 Å². The van der Waals surface area contributed by atoms with Gasteiger partial charge in [-0.3, -0.25) is 4.90 Å². The first-order valence-corrected chi connectivity index (χ1v) is 12.8. The Bertz CT molecular complexity index is 1390. The number of thiazole rings is 1. The minimum absolute atomic E-state index is 0.425. The predicted octanol–water partition coefficient (Wildman–Crippen LogP) is 4.38. The van der Waals surface area contributed by atoms with Gasteiger partial charge in [0.1, 0.15) is 11.5 Å². The van der Waals surface area contributed by atoms with E-state index in [0.717, 1.165) is 60.2 Å². The van der Waals surface area contributed by atoms with Gasteiger partial charge in [0.25, 0.3) is 0 Å². The number of rotatable bonds is 5. The van der Waals surface area contributed by atoms with Crippen molar-refractivity contribution in [3.63, 3.8) is 0 Å². The lowest BCUT2D eigenvalue weighted by molar-refractivity contribution is 0.148. The fraction of sp³-hybridized carbons (Fsp3) is 0.250. The maximum atomic E-state index is 5.78. The Labute approximate surface area is 216 Å². The summed E-state index contributed by atoms with van der Waals surface area (Å²) < 4.78 is 0. The minimum atomic E-state index is 0.425. The number of aromatic nitrogens is 3. The van der Waals surface area contributed by atoms with E-state index in [0.29, 0.717) is 17.3 Å². The third-order valence-electron chi connectivity index (χ3n) is 6.20. The van der Waals surface area contributed by atoms with Gasteiger partial charge < -0.3 is 16.0 Å². The van der Waals surface area contributed by atoms with Crippen molar-refractivity contribution in [2.24, 2.45) is 0 Å². The van der Waals surface area contributed by atoms with Crippen molar-refractivity contribution in [2.75, 3.05) is 44.3 Å². The zero-order valence-corrected chi connectivity index (χ0v) is 21.3. The van der Waals surface area contributed by atoms with Gasteiger partial charge >= 0.3 is 0 Å². The van der Waals surface area contributed by atoms with Crippen LogP contribution in [0.2, 0.25) is 0 Å². The molecule has 1 aliphatic heterocycles. The van der Waals surface area contributed by atoms with E-state index in [-0.39, 0.29) is 0 Å². The van der Waals surface area contributed by atoms with Crippen molar-refractivity contribution in [1.82, 2.24) is 24.8 Å². The number of aryl methyl sites for hydroxylation is 1. The van der Waals surface area contributed by atoms with Crippen molar-refractivity contribution < 1.29 is 0 Å². The number of anilines is 3. The first kappa shape index (κ1) is 23.9. The summed E-state index contributed by atoms with van der Waals surface area (Å²) in [5.74, 6) is 7.54. The maximum Gasteiger partial charge on any atom is 0.187 e. The van der Waals surface area contributed by atoms with E-state index in [9.17, 15) is 0 Å². The van der Waals surface area contributed by atoms with Crippen LogP contribution >= 0.6 is 11.3 Å². The Balaban J connectivity index is 1.25. The van der Waals surface area contributed by atoms with Crippen molar-refractivity contribution in [1.29, 1.82) is 0 Å². The van der Waals surface area contributed by atoms with E-state index in [2.05, 4.69) is 92.3 Å². The number of hydrogen-bond acceptors (Lipinski definition) is 8. The number of piperazine rings is 1. The number of nitrogens with two attached hydrogens (primary N) is 1. The topological polar surface area (TPSA) is 83.2 Å². The molecule has 3 heterocycles. The molecule has 0 bridgehead atoms. The Morgan fingerprint density at radius 3 is 2.50 bits per heavy atom. The van der Waals surface area contributed by atoms with Crippen LogP contribution in [0.1, 0.15) is 22.3 Å². The summed E-state index contributed by atoms with van der Waals surface area (Å²) in [6, 6.07) is 16.4. The molecule has 2 aromatic heterocycles. The Hall–Kier alpha value is -3.77. The SMILES string of the molecule is Cc1ccc(C#Cc2ccc(CN3CCN(C)CC3)cc2)cc1Nc1nc(-c2nccc(N)n2)cs1. The fourth-order valence-corrected chi connectivity index (χ4v) is 4.68. The molecule has 0 aliphatic carbocycles. The molecule has 8 heteroatoms. The molecule has 2 aromatic carbocycles. The van der Waals surface area contributed by atoms with Gasteiger partial charge in [-0.25, -0.2) is 15.0 Å². The van der Waals surface area contributed by atoms with E-state index in [1.165, 1.54) is 16.9 Å². The van der Waals surface area contributed by atoms with Crippen LogP contribution in [-0.4, -0.2) is 58.0 Å². The smallest absolute Gasteiger partial charge is 0.187 e. The standard InChI is InChI=1S/C28H29N7S/c1-20-3-4-22(8-5-21-6-9-23(10-7-21)18-35-15-13-34(2)14-16-35)17-24(20)31-28-32-25(19-36-28)27-30-12-11-26(29)33-27/h3-4,6-7,9-12,17,19H,13-16,18H2,1-2H3,(H,31,32)(H2,29,30,33). The van der Waals surface area contributed by atoms with Gasteiger partial charge in [0.15, 0.2) is 11.0 Å². The molecule has 0 radical (unpaired) electrons. The molecular formula is C28H29N7S. The molecule has 0 unspecified atom stereocenters. The molecule has 4 aromatic rings. The molecule has 1 fully saturated rings. The minimum Gasteiger partial charge on any atom is -0.384 e. The highest BCUT2D eigenvalue weighted by Crippen LogP contribution is 2.27. The Morgan fingerprint density at radius 1 is 0.972 bits per heavy atom. The normalized spacial score (nSPS) is 14.3. The molecule has 1 saturated heterocycles. The fourth-order valence-electron chi connectivity index (χ4n) is 3.98. The van der Waals surface area contributed by atoms with Crippen LogP contribution in [0, 0.1) is 18.8 Å². The van der Waals surface area contributed by atoms with Crippen LogP contribution in [0.3, 0.4) is 0 Å². The lowest BCUT2D eigenvalue weighted by atomic mass is 10.1. The first-order chi connectivity index (χ1) is 17.5. The number of hydrogen-bond donors (Lipinski definition) is 2. The highest BCUT2D eigenvalue weighted by atomic mass is 32.1. The van der Waals surface area contributed by atoms with Crippen LogP contribution in [0.25, 0.3) is 11.5 Å². The average molecular weight is 496 g/mol. The molecule has 7 nitrogen and oxygen atoms in total. The second-order valence-electron chi connectivity index (χ2n) is 9.02. The molecule has 5 rings (SSSR count). The van der Waals surface area contributed by atoms with Crippen molar-refractivity contribution >= 4 is 28.0 Å². The largest absolute Gasteiger partial charge is 0.384 e. The molecule has 182 valence electrons. The monoisotopic (exact) mass is 495 g/mol. The van der Waals surface area contributed by atoms with Gasteiger partial charge in [-0.2, -0.15) is 0 Å². The summed E-state index contributed by atoms with van der Waals surface area (Å²) >= 11 is 1.50. The average Bonchev–Trinajstić information content (AvgIpc) is 3.35. The number of benzene rings is 2. The lowest BCUT2D eigenvalue weighted by Gasteiger charge is -2.32. The third kappa shape index (κ3) is 6.07. The van der Waals surface area contributed by atoms with E-state index >= 15 is 0 Å². The summed E-state index contributed by atoms with van der Waals surface area (Å²) in [7, 11) is 2.19. The van der Waals surface area contributed by atoms with Crippen molar-refractivity contribution in [3.8, 4) is 23.4 Å². The van der Waals surface area contributed by atoms with Crippen molar-refractivity contribution in [2.45, 2.75) is 13.5 Å². The summed E-state index contributed by atoms with van der Waals surface area (Å²) in [4.78, 5) is 18.0. The van der Waals surface area contributed by atoms with Crippen LogP contribution in [-0.2, 0) is 6.54 Å². The Morgan fingerprint density at radius 2 is 1.72 bits per heavy atom. The van der Waals surface area contributed by atoms with Gasteiger partial charge in [0, 0.05) is 61.1 Å². The van der Waals surface area contributed by atoms with E-state index in [1.54, 1.807) is 12.3 Å². The van der Waals surface area contributed by atoms with Gasteiger partial charge in [0.05, 0.1) is 0 Å². The maximum absolute atomic E-state index is 5.78. The van der Waals surface area contributed by atoms with Crippen LogP contribution in [0.5, 0.6) is 0 Å². The van der Waals surface area contributed by atoms with E-state index < -0.39 is 0 Å². The molecule has 0 amide bonds. The quantitative estimate of drug-likeness (QED) is 0.398. The van der Waals surface area contributed by atoms with Gasteiger partial charge in [-0.1, -0.05) is 30.0 Å². The van der Waals surface area contributed by atoms with Crippen LogP contribution in [0.4, 0.5) is 16.6 Å². The second-order valence-corrected chi connectivity index (χ2v) is 9.88. The molecule has 3 N–H and O–H groups in total. The van der Waals surface area contributed by atoms with Gasteiger partial charge in [-0.15, -0.1) is 11.3 Å². The summed E-state index contributed by atoms with van der Waals surface area (Å²) in [6.07, 6.45) is 1.64. The number of nitrogens with one attached hydrogen (secondary N) is 1. The molecule has 0 saturated carbocycles. The second kappa shape index (κ2) is 10.9. The number of likely N-dealkylation sites (N-methyl/N-ethyl adjacent to an activating group) is 1. The van der Waals surface area contributed by atoms with Gasteiger partial charge in [-0.05, 0) is 55.4 Å². The highest BCUT2D eigenvalue weighted by molar-refractivity contribution is 7.14. The predicted molar refractivity (Wildman–Crippen MR) is 147 cm³/mol. The highest BCUT2D eigenvalue weighted by Gasteiger charge is 2.13. The molecule has 1 aliphatic rings.